The van der Waals surface area contributed by atoms with Crippen LogP contribution in [0.3, 0.4) is 0 Å². The molecule has 146 valence electrons. The number of nitrogens with zero attached hydrogens (tertiary/aromatic N) is 4. The molecular formula is C20H22N4O3S. The first-order valence-corrected chi connectivity index (χ1v) is 10.7. The Morgan fingerprint density at radius 1 is 1.21 bits per heavy atom. The van der Waals surface area contributed by atoms with E-state index in [0.717, 1.165) is 41.2 Å². The Morgan fingerprint density at radius 2 is 2.07 bits per heavy atom. The third-order valence-electron chi connectivity index (χ3n) is 5.11. The van der Waals surface area contributed by atoms with Crippen LogP contribution in [0.25, 0.3) is 11.3 Å². The summed E-state index contributed by atoms with van der Waals surface area (Å²) in [6, 6.07) is 9.14. The van der Waals surface area contributed by atoms with E-state index in [1.807, 2.05) is 32.0 Å². The second-order valence-electron chi connectivity index (χ2n) is 7.12. The summed E-state index contributed by atoms with van der Waals surface area (Å²) in [5, 5.41) is 4.00. The lowest BCUT2D eigenvalue weighted by Crippen LogP contribution is -2.29. The van der Waals surface area contributed by atoms with Gasteiger partial charge in [0.05, 0.1) is 17.0 Å². The van der Waals surface area contributed by atoms with Gasteiger partial charge in [-0.15, -0.1) is 0 Å². The molecule has 1 saturated heterocycles. The second-order valence-corrected chi connectivity index (χ2v) is 9.06. The Kier molecular flexibility index (Phi) is 4.99. The van der Waals surface area contributed by atoms with Gasteiger partial charge in [0.25, 0.3) is 0 Å². The van der Waals surface area contributed by atoms with Gasteiger partial charge in [-0.1, -0.05) is 11.2 Å². The zero-order valence-corrected chi connectivity index (χ0v) is 16.7. The smallest absolute Gasteiger partial charge is 0.244 e. The maximum absolute atomic E-state index is 12.8. The number of rotatable bonds is 5. The third kappa shape index (κ3) is 3.57. The maximum atomic E-state index is 12.8. The Morgan fingerprint density at radius 3 is 2.79 bits per heavy atom. The van der Waals surface area contributed by atoms with E-state index in [0.29, 0.717) is 13.1 Å². The topological polar surface area (TPSA) is 89.2 Å². The van der Waals surface area contributed by atoms with Gasteiger partial charge in [0, 0.05) is 31.2 Å². The van der Waals surface area contributed by atoms with Crippen LogP contribution in [0.5, 0.6) is 0 Å². The molecule has 1 fully saturated rings. The first-order chi connectivity index (χ1) is 13.4. The normalized spacial score (nSPS) is 17.9. The molecule has 0 radical (unpaired) electrons. The molecule has 0 saturated carbocycles. The van der Waals surface area contributed by atoms with Crippen molar-refractivity contribution in [2.24, 2.45) is 5.92 Å². The molecule has 3 aromatic heterocycles. The van der Waals surface area contributed by atoms with Crippen LogP contribution in [0.2, 0.25) is 0 Å². The summed E-state index contributed by atoms with van der Waals surface area (Å²) in [5.74, 6) is 0.982. The van der Waals surface area contributed by atoms with Crippen LogP contribution in [0.15, 0.2) is 52.1 Å². The van der Waals surface area contributed by atoms with Gasteiger partial charge in [-0.3, -0.25) is 9.97 Å². The summed E-state index contributed by atoms with van der Waals surface area (Å²) in [6.07, 6.45) is 4.52. The number of aromatic nitrogens is 3. The van der Waals surface area contributed by atoms with Gasteiger partial charge in [0.15, 0.2) is 0 Å². The third-order valence-corrected chi connectivity index (χ3v) is 6.96. The Balaban J connectivity index is 1.49. The minimum absolute atomic E-state index is 0.235. The molecule has 8 heteroatoms. The molecule has 0 N–H and O–H groups in total. The minimum atomic E-state index is -3.49. The zero-order valence-electron chi connectivity index (χ0n) is 15.9. The molecule has 0 spiro atoms. The van der Waals surface area contributed by atoms with Crippen LogP contribution in [-0.2, 0) is 16.4 Å². The Hall–Kier alpha value is -2.58. The van der Waals surface area contributed by atoms with E-state index in [1.165, 1.54) is 6.20 Å². The molecule has 3 aromatic rings. The first kappa shape index (κ1) is 18.8. The lowest BCUT2D eigenvalue weighted by molar-refractivity contribution is 0.393. The second kappa shape index (κ2) is 7.44. The van der Waals surface area contributed by atoms with Crippen molar-refractivity contribution in [1.82, 2.24) is 19.4 Å². The predicted octanol–water partition coefficient (Wildman–Crippen LogP) is 3.00. The molecule has 4 heterocycles. The molecule has 0 bridgehead atoms. The number of aryl methyl sites for hydroxylation is 2. The van der Waals surface area contributed by atoms with Crippen LogP contribution in [0.1, 0.15) is 23.6 Å². The summed E-state index contributed by atoms with van der Waals surface area (Å²) in [6.45, 7) is 4.79. The number of pyridine rings is 2. The van der Waals surface area contributed by atoms with Crippen LogP contribution in [0, 0.1) is 19.8 Å². The molecule has 0 aromatic carbocycles. The molecule has 7 nitrogen and oxygen atoms in total. The Bertz CT molecular complexity index is 1060. The molecular weight excluding hydrogens is 376 g/mol. The van der Waals surface area contributed by atoms with E-state index in [1.54, 1.807) is 22.6 Å². The first-order valence-electron chi connectivity index (χ1n) is 9.24. The monoisotopic (exact) mass is 398 g/mol. The van der Waals surface area contributed by atoms with Crippen LogP contribution < -0.4 is 0 Å². The Labute approximate surface area is 164 Å². The SMILES string of the molecule is Cc1noc(C)c1-c1cccc(C[C@@H]2CCN(S(=O)(=O)c3cccnc3)C2)n1. The summed E-state index contributed by atoms with van der Waals surface area (Å²) in [4.78, 5) is 8.94. The van der Waals surface area contributed by atoms with E-state index in [2.05, 4.69) is 10.1 Å². The molecule has 1 atom stereocenters. The highest BCUT2D eigenvalue weighted by Gasteiger charge is 2.32. The van der Waals surface area contributed by atoms with Crippen molar-refractivity contribution >= 4 is 10.0 Å². The van der Waals surface area contributed by atoms with Crippen molar-refractivity contribution in [2.45, 2.75) is 31.6 Å². The molecule has 0 amide bonds. The van der Waals surface area contributed by atoms with Crippen LogP contribution in [-0.4, -0.2) is 40.9 Å². The van der Waals surface area contributed by atoms with Crippen molar-refractivity contribution in [1.29, 1.82) is 0 Å². The van der Waals surface area contributed by atoms with E-state index >= 15 is 0 Å². The van der Waals surface area contributed by atoms with Gasteiger partial charge in [-0.05, 0) is 56.9 Å². The van der Waals surface area contributed by atoms with Crippen molar-refractivity contribution < 1.29 is 12.9 Å². The van der Waals surface area contributed by atoms with Gasteiger partial charge in [0.1, 0.15) is 10.7 Å². The number of hydrogen-bond donors (Lipinski definition) is 0. The molecule has 0 unspecified atom stereocenters. The summed E-state index contributed by atoms with van der Waals surface area (Å²) in [5.41, 5.74) is 3.53. The van der Waals surface area contributed by atoms with Gasteiger partial charge in [0.2, 0.25) is 10.0 Å². The average Bonchev–Trinajstić information content (AvgIpc) is 3.29. The average molecular weight is 398 g/mol. The molecule has 4 rings (SSSR count). The fraction of sp³-hybridized carbons (Fsp3) is 0.350. The predicted molar refractivity (Wildman–Crippen MR) is 104 cm³/mol. The van der Waals surface area contributed by atoms with Gasteiger partial charge in [-0.2, -0.15) is 4.31 Å². The van der Waals surface area contributed by atoms with E-state index < -0.39 is 10.0 Å². The highest BCUT2D eigenvalue weighted by molar-refractivity contribution is 7.89. The van der Waals surface area contributed by atoms with E-state index in [4.69, 9.17) is 9.51 Å². The fourth-order valence-corrected chi connectivity index (χ4v) is 5.20. The standard InChI is InChI=1S/C20H22N4O3S/c1-14-20(15(2)27-23-14)19-7-3-5-17(22-19)11-16-8-10-24(13-16)28(25,26)18-6-4-9-21-12-18/h3-7,9,12,16H,8,10-11,13H2,1-2H3/t16-/m0/s1. The zero-order chi connectivity index (χ0) is 19.7. The molecule has 28 heavy (non-hydrogen) atoms. The summed E-state index contributed by atoms with van der Waals surface area (Å²) < 4.78 is 32.3. The van der Waals surface area contributed by atoms with Crippen LogP contribution >= 0.6 is 0 Å². The van der Waals surface area contributed by atoms with Crippen LogP contribution in [0.4, 0.5) is 0 Å². The van der Waals surface area contributed by atoms with Crippen molar-refractivity contribution in [3.8, 4) is 11.3 Å². The quantitative estimate of drug-likeness (QED) is 0.656. The molecule has 1 aliphatic rings. The molecule has 1 aliphatic heterocycles. The summed E-state index contributed by atoms with van der Waals surface area (Å²) >= 11 is 0. The molecule has 0 aliphatic carbocycles. The highest BCUT2D eigenvalue weighted by atomic mass is 32.2. The van der Waals surface area contributed by atoms with Crippen molar-refractivity contribution in [2.75, 3.05) is 13.1 Å². The van der Waals surface area contributed by atoms with Crippen molar-refractivity contribution in [3.05, 3.63) is 59.9 Å². The lowest BCUT2D eigenvalue weighted by Gasteiger charge is -2.16. The van der Waals surface area contributed by atoms with Gasteiger partial charge < -0.3 is 4.52 Å². The van der Waals surface area contributed by atoms with Gasteiger partial charge >= 0.3 is 0 Å². The van der Waals surface area contributed by atoms with Crippen molar-refractivity contribution in [3.63, 3.8) is 0 Å². The van der Waals surface area contributed by atoms with E-state index in [9.17, 15) is 8.42 Å². The summed E-state index contributed by atoms with van der Waals surface area (Å²) in [7, 11) is -3.49. The number of sulfonamides is 1. The largest absolute Gasteiger partial charge is 0.361 e. The maximum Gasteiger partial charge on any atom is 0.244 e. The minimum Gasteiger partial charge on any atom is -0.361 e. The van der Waals surface area contributed by atoms with E-state index in [-0.39, 0.29) is 10.8 Å². The lowest BCUT2D eigenvalue weighted by atomic mass is 10.0. The number of hydrogen-bond acceptors (Lipinski definition) is 6. The fourth-order valence-electron chi connectivity index (χ4n) is 3.71. The van der Waals surface area contributed by atoms with Gasteiger partial charge in [-0.25, -0.2) is 8.42 Å². The highest BCUT2D eigenvalue weighted by Crippen LogP contribution is 2.28.